The molecule has 6 nitrogen and oxygen atoms in total. The van der Waals surface area contributed by atoms with Crippen LogP contribution < -0.4 is 11.0 Å². The number of fused-ring (bicyclic) bond motifs is 1. The van der Waals surface area contributed by atoms with Gasteiger partial charge in [0.25, 0.3) is 0 Å². The van der Waals surface area contributed by atoms with Crippen molar-refractivity contribution < 1.29 is 9.18 Å². The minimum atomic E-state index is -0.361. The molecule has 0 saturated carbocycles. The molecule has 0 fully saturated rings. The molecule has 1 N–H and O–H groups in total. The lowest BCUT2D eigenvalue weighted by molar-refractivity contribution is -0.121. The van der Waals surface area contributed by atoms with E-state index in [1.54, 1.807) is 30.5 Å². The second kappa shape index (κ2) is 7.48. The minimum Gasteiger partial charge on any atom is -0.350 e. The molecule has 140 valence electrons. The molecule has 0 aliphatic carbocycles. The largest absolute Gasteiger partial charge is 0.350 e. The van der Waals surface area contributed by atoms with Crippen LogP contribution in [0.5, 0.6) is 0 Å². The minimum absolute atomic E-state index is 0.157. The number of amides is 1. The Kier molecular flexibility index (Phi) is 4.72. The Labute approximate surface area is 159 Å². The Morgan fingerprint density at radius 3 is 2.64 bits per heavy atom. The van der Waals surface area contributed by atoms with Gasteiger partial charge in [0, 0.05) is 12.7 Å². The maximum absolute atomic E-state index is 13.3. The van der Waals surface area contributed by atoms with Gasteiger partial charge in [-0.1, -0.05) is 30.3 Å². The van der Waals surface area contributed by atoms with Crippen LogP contribution in [0.2, 0.25) is 0 Å². The molecule has 0 atom stereocenters. The average molecular weight is 376 g/mol. The first-order valence-electron chi connectivity index (χ1n) is 8.76. The lowest BCUT2D eigenvalue weighted by Crippen LogP contribution is -2.32. The van der Waals surface area contributed by atoms with Gasteiger partial charge in [-0.15, -0.1) is 0 Å². The smallest absolute Gasteiger partial charge is 0.335 e. The maximum atomic E-state index is 13.3. The zero-order chi connectivity index (χ0) is 19.5. The molecule has 4 rings (SSSR count). The van der Waals surface area contributed by atoms with Crippen LogP contribution in [-0.4, -0.2) is 20.0 Å². The van der Waals surface area contributed by atoms with Crippen LogP contribution in [0.1, 0.15) is 5.56 Å². The van der Waals surface area contributed by atoms with Crippen molar-refractivity contribution in [1.82, 2.24) is 19.4 Å². The number of halogens is 1. The number of carbonyl (C=O) groups excluding carboxylic acids is 1. The molecule has 2 heterocycles. The van der Waals surface area contributed by atoms with Crippen molar-refractivity contribution in [3.63, 3.8) is 0 Å². The van der Waals surface area contributed by atoms with E-state index in [-0.39, 0.29) is 30.5 Å². The Morgan fingerprint density at radius 1 is 1.04 bits per heavy atom. The normalized spacial score (nSPS) is 10.9. The molecule has 0 saturated heterocycles. The highest BCUT2D eigenvalue weighted by Gasteiger charge is 2.17. The fourth-order valence-electron chi connectivity index (χ4n) is 3.10. The number of benzene rings is 2. The van der Waals surface area contributed by atoms with Crippen LogP contribution in [0.25, 0.3) is 16.9 Å². The third kappa shape index (κ3) is 3.42. The number of carbonyl (C=O) groups is 1. The van der Waals surface area contributed by atoms with E-state index in [1.165, 1.54) is 21.3 Å². The van der Waals surface area contributed by atoms with Crippen LogP contribution >= 0.6 is 0 Å². The van der Waals surface area contributed by atoms with Crippen molar-refractivity contribution in [2.24, 2.45) is 0 Å². The van der Waals surface area contributed by atoms with Crippen molar-refractivity contribution in [3.05, 3.63) is 94.8 Å². The predicted molar refractivity (Wildman–Crippen MR) is 104 cm³/mol. The van der Waals surface area contributed by atoms with E-state index in [0.29, 0.717) is 22.4 Å². The molecule has 0 aliphatic rings. The Hall–Kier alpha value is -3.74. The molecule has 2 aromatic carbocycles. The lowest BCUT2D eigenvalue weighted by atomic mass is 10.2. The third-order valence-corrected chi connectivity index (χ3v) is 4.39. The van der Waals surface area contributed by atoms with Crippen molar-refractivity contribution in [2.75, 3.05) is 0 Å². The SMILES string of the molecule is O=C(Cn1c(=O)n(-c2ccccc2)c2ncccc21)NCc1cccc(F)c1. The molecule has 0 unspecified atom stereocenters. The number of nitrogens with one attached hydrogen (secondary N) is 1. The number of hydrogen-bond donors (Lipinski definition) is 1. The van der Waals surface area contributed by atoms with Crippen LogP contribution in [0.4, 0.5) is 4.39 Å². The molecule has 7 heteroatoms. The van der Waals surface area contributed by atoms with Gasteiger partial charge in [0.1, 0.15) is 12.4 Å². The summed E-state index contributed by atoms with van der Waals surface area (Å²) in [5.74, 6) is -0.706. The zero-order valence-corrected chi connectivity index (χ0v) is 14.9. The van der Waals surface area contributed by atoms with Crippen molar-refractivity contribution >= 4 is 17.1 Å². The summed E-state index contributed by atoms with van der Waals surface area (Å²) in [6, 6.07) is 18.6. The highest BCUT2D eigenvalue weighted by molar-refractivity contribution is 5.80. The van der Waals surface area contributed by atoms with Gasteiger partial charge in [-0.3, -0.25) is 9.36 Å². The van der Waals surface area contributed by atoms with E-state index in [9.17, 15) is 14.0 Å². The van der Waals surface area contributed by atoms with Gasteiger partial charge < -0.3 is 5.32 Å². The summed E-state index contributed by atoms with van der Waals surface area (Å²) in [7, 11) is 0. The lowest BCUT2D eigenvalue weighted by Gasteiger charge is -2.06. The Balaban J connectivity index is 1.63. The molecular formula is C21H17FN4O2. The molecular weight excluding hydrogens is 359 g/mol. The molecule has 0 bridgehead atoms. The number of para-hydroxylation sites is 1. The fourth-order valence-corrected chi connectivity index (χ4v) is 3.10. The number of nitrogens with zero attached hydrogens (tertiary/aromatic N) is 3. The number of hydrogen-bond acceptors (Lipinski definition) is 3. The first-order valence-corrected chi connectivity index (χ1v) is 8.76. The first-order chi connectivity index (χ1) is 13.6. The fraction of sp³-hybridized carbons (Fsp3) is 0.0952. The van der Waals surface area contributed by atoms with Gasteiger partial charge in [0.15, 0.2) is 5.65 Å². The standard InChI is InChI=1S/C21H17FN4O2/c22-16-7-4-6-15(12-16)13-24-19(27)14-25-18-10-5-11-23-20(18)26(21(25)28)17-8-2-1-3-9-17/h1-12H,13-14H2,(H,24,27). The zero-order valence-electron chi connectivity index (χ0n) is 14.9. The summed E-state index contributed by atoms with van der Waals surface area (Å²) >= 11 is 0. The Morgan fingerprint density at radius 2 is 1.86 bits per heavy atom. The summed E-state index contributed by atoms with van der Waals surface area (Å²) in [6.07, 6.45) is 1.61. The van der Waals surface area contributed by atoms with E-state index in [2.05, 4.69) is 10.3 Å². The van der Waals surface area contributed by atoms with Gasteiger partial charge in [-0.2, -0.15) is 0 Å². The molecule has 0 aliphatic heterocycles. The first kappa shape index (κ1) is 17.7. The molecule has 28 heavy (non-hydrogen) atoms. The number of rotatable bonds is 5. The van der Waals surface area contributed by atoms with Crippen molar-refractivity contribution in [3.8, 4) is 5.69 Å². The van der Waals surface area contributed by atoms with Crippen LogP contribution in [0, 0.1) is 5.82 Å². The molecule has 4 aromatic rings. The quantitative estimate of drug-likeness (QED) is 0.582. The van der Waals surface area contributed by atoms with Gasteiger partial charge >= 0.3 is 5.69 Å². The second-order valence-electron chi connectivity index (χ2n) is 6.29. The average Bonchev–Trinajstić information content (AvgIpc) is 2.99. The maximum Gasteiger partial charge on any atom is 0.335 e. The van der Waals surface area contributed by atoms with Crippen LogP contribution in [-0.2, 0) is 17.9 Å². The van der Waals surface area contributed by atoms with Gasteiger partial charge in [-0.25, -0.2) is 18.7 Å². The van der Waals surface area contributed by atoms with E-state index >= 15 is 0 Å². The van der Waals surface area contributed by atoms with E-state index in [4.69, 9.17) is 0 Å². The number of imidazole rings is 1. The van der Waals surface area contributed by atoms with E-state index in [0.717, 1.165) is 0 Å². The van der Waals surface area contributed by atoms with E-state index < -0.39 is 0 Å². The monoisotopic (exact) mass is 376 g/mol. The van der Waals surface area contributed by atoms with Crippen LogP contribution in [0.3, 0.4) is 0 Å². The summed E-state index contributed by atoms with van der Waals surface area (Å²) in [5, 5.41) is 2.72. The summed E-state index contributed by atoms with van der Waals surface area (Å²) < 4.78 is 16.1. The van der Waals surface area contributed by atoms with Crippen molar-refractivity contribution in [1.29, 1.82) is 0 Å². The highest BCUT2D eigenvalue weighted by atomic mass is 19.1. The molecule has 0 radical (unpaired) electrons. The highest BCUT2D eigenvalue weighted by Crippen LogP contribution is 2.15. The van der Waals surface area contributed by atoms with Gasteiger partial charge in [0.2, 0.25) is 5.91 Å². The molecule has 1 amide bonds. The van der Waals surface area contributed by atoms with Crippen molar-refractivity contribution in [2.45, 2.75) is 13.1 Å². The third-order valence-electron chi connectivity index (χ3n) is 4.39. The number of aromatic nitrogens is 3. The second-order valence-corrected chi connectivity index (χ2v) is 6.29. The Bertz CT molecular complexity index is 1200. The summed E-state index contributed by atoms with van der Waals surface area (Å²) in [6.45, 7) is 0.0249. The summed E-state index contributed by atoms with van der Waals surface area (Å²) in [5.41, 5.74) is 2.03. The topological polar surface area (TPSA) is 68.9 Å². The van der Waals surface area contributed by atoms with Crippen LogP contribution in [0.15, 0.2) is 77.7 Å². The molecule has 2 aromatic heterocycles. The summed E-state index contributed by atoms with van der Waals surface area (Å²) in [4.78, 5) is 29.7. The van der Waals surface area contributed by atoms with Gasteiger partial charge in [-0.05, 0) is 42.0 Å². The predicted octanol–water partition coefficient (Wildman–Crippen LogP) is 2.64. The van der Waals surface area contributed by atoms with E-state index in [1.807, 2.05) is 30.3 Å². The number of pyridine rings is 1. The molecule has 0 spiro atoms. The van der Waals surface area contributed by atoms with Gasteiger partial charge in [0.05, 0.1) is 11.2 Å².